The Morgan fingerprint density at radius 1 is 1.40 bits per heavy atom. The molecule has 1 aromatic rings. The molecule has 1 unspecified atom stereocenters. The summed E-state index contributed by atoms with van der Waals surface area (Å²) < 4.78 is 1.18. The maximum Gasteiger partial charge on any atom is 0.0285 e. The molecule has 1 atom stereocenters. The average Bonchev–Trinajstić information content (AvgIpc) is 2.59. The van der Waals surface area contributed by atoms with Gasteiger partial charge in [0.1, 0.15) is 0 Å². The smallest absolute Gasteiger partial charge is 0.0285 e. The number of hydrogen-bond donors (Lipinski definition) is 1. The van der Waals surface area contributed by atoms with E-state index in [1.54, 1.807) is 11.3 Å². The van der Waals surface area contributed by atoms with Crippen LogP contribution in [0.25, 0.3) is 0 Å². The number of thiophene rings is 1. The molecule has 0 fully saturated rings. The molecule has 1 aromatic heterocycles. The van der Waals surface area contributed by atoms with Crippen molar-refractivity contribution in [1.29, 1.82) is 0 Å². The Kier molecular flexibility index (Phi) is 6.53. The molecular formula is C12H20BrNS. The van der Waals surface area contributed by atoms with Gasteiger partial charge in [0.25, 0.3) is 0 Å². The highest BCUT2D eigenvalue weighted by Gasteiger charge is 2.05. The van der Waals surface area contributed by atoms with Gasteiger partial charge in [0.2, 0.25) is 0 Å². The summed E-state index contributed by atoms with van der Waals surface area (Å²) in [6.07, 6.45) is 7.45. The highest BCUT2D eigenvalue weighted by Crippen LogP contribution is 2.21. The minimum Gasteiger partial charge on any atom is -0.327 e. The molecule has 0 radical (unpaired) electrons. The summed E-state index contributed by atoms with van der Waals surface area (Å²) >= 11 is 5.26. The molecule has 1 heterocycles. The molecule has 0 saturated carbocycles. The first-order valence-corrected chi connectivity index (χ1v) is 7.38. The molecule has 0 aromatic carbocycles. The van der Waals surface area contributed by atoms with Crippen LogP contribution in [0.2, 0.25) is 0 Å². The van der Waals surface area contributed by atoms with Gasteiger partial charge < -0.3 is 5.73 Å². The van der Waals surface area contributed by atoms with Gasteiger partial charge in [0.15, 0.2) is 0 Å². The number of rotatable bonds is 7. The molecule has 2 N–H and O–H groups in total. The molecule has 1 nitrogen and oxygen atoms in total. The topological polar surface area (TPSA) is 26.0 Å². The fourth-order valence-electron chi connectivity index (χ4n) is 1.65. The summed E-state index contributed by atoms with van der Waals surface area (Å²) in [7, 11) is 0. The fraction of sp³-hybridized carbons (Fsp3) is 0.667. The van der Waals surface area contributed by atoms with Crippen molar-refractivity contribution in [1.82, 2.24) is 0 Å². The molecule has 0 aliphatic carbocycles. The average molecular weight is 290 g/mol. The molecule has 15 heavy (non-hydrogen) atoms. The Balaban J connectivity index is 2.15. The van der Waals surface area contributed by atoms with Crippen LogP contribution in [0.3, 0.4) is 0 Å². The first kappa shape index (κ1) is 13.2. The maximum atomic E-state index is 6.09. The zero-order chi connectivity index (χ0) is 11.1. The highest BCUT2D eigenvalue weighted by molar-refractivity contribution is 9.10. The molecule has 3 heteroatoms. The van der Waals surface area contributed by atoms with Crippen LogP contribution < -0.4 is 5.73 Å². The fourth-order valence-corrected chi connectivity index (χ4v) is 3.20. The second-order valence-corrected chi connectivity index (χ2v) is 5.96. The van der Waals surface area contributed by atoms with Crippen molar-refractivity contribution in [2.45, 2.75) is 51.5 Å². The number of unbranched alkanes of at least 4 members (excludes halogenated alkanes) is 3. The predicted molar refractivity (Wildman–Crippen MR) is 72.5 cm³/mol. The summed E-state index contributed by atoms with van der Waals surface area (Å²) in [5, 5.41) is 2.12. The van der Waals surface area contributed by atoms with Crippen LogP contribution in [0.1, 0.15) is 43.9 Å². The zero-order valence-corrected chi connectivity index (χ0v) is 11.7. The minimum absolute atomic E-state index is 0.340. The van der Waals surface area contributed by atoms with Crippen LogP contribution in [0.5, 0.6) is 0 Å². The minimum atomic E-state index is 0.340. The van der Waals surface area contributed by atoms with E-state index in [1.807, 2.05) is 0 Å². The van der Waals surface area contributed by atoms with Gasteiger partial charge in [-0.3, -0.25) is 0 Å². The molecular weight excluding hydrogens is 270 g/mol. The summed E-state index contributed by atoms with van der Waals surface area (Å²) in [4.78, 5) is 1.39. The van der Waals surface area contributed by atoms with E-state index in [0.717, 1.165) is 12.8 Å². The van der Waals surface area contributed by atoms with Crippen LogP contribution >= 0.6 is 27.3 Å². The molecule has 0 spiro atoms. The first-order chi connectivity index (χ1) is 7.22. The van der Waals surface area contributed by atoms with Crippen LogP contribution in [-0.2, 0) is 6.42 Å². The van der Waals surface area contributed by atoms with E-state index < -0.39 is 0 Å². The largest absolute Gasteiger partial charge is 0.327 e. The first-order valence-electron chi connectivity index (χ1n) is 5.71. The van der Waals surface area contributed by atoms with Crippen molar-refractivity contribution < 1.29 is 0 Å². The summed E-state index contributed by atoms with van der Waals surface area (Å²) in [5.41, 5.74) is 6.09. The Labute approximate surface area is 105 Å². The van der Waals surface area contributed by atoms with Crippen LogP contribution in [0.4, 0.5) is 0 Å². The van der Waals surface area contributed by atoms with E-state index in [1.165, 1.54) is 35.0 Å². The Morgan fingerprint density at radius 3 is 2.80 bits per heavy atom. The number of halogens is 1. The van der Waals surface area contributed by atoms with Crippen molar-refractivity contribution in [3.05, 3.63) is 20.8 Å². The van der Waals surface area contributed by atoms with Crippen LogP contribution in [0.15, 0.2) is 15.9 Å². The monoisotopic (exact) mass is 289 g/mol. The third kappa shape index (κ3) is 5.69. The summed E-state index contributed by atoms with van der Waals surface area (Å²) in [5.74, 6) is 0. The lowest BCUT2D eigenvalue weighted by Gasteiger charge is -2.09. The summed E-state index contributed by atoms with van der Waals surface area (Å²) in [6, 6.07) is 2.52. The lowest BCUT2D eigenvalue weighted by Crippen LogP contribution is -2.22. The van der Waals surface area contributed by atoms with Gasteiger partial charge in [-0.05, 0) is 34.8 Å². The van der Waals surface area contributed by atoms with E-state index >= 15 is 0 Å². The second kappa shape index (κ2) is 7.42. The van der Waals surface area contributed by atoms with E-state index in [4.69, 9.17) is 5.73 Å². The van der Waals surface area contributed by atoms with Gasteiger partial charge in [-0.1, -0.05) is 32.6 Å². The molecule has 0 aliphatic rings. The van der Waals surface area contributed by atoms with Gasteiger partial charge in [-0.15, -0.1) is 11.3 Å². The third-order valence-corrected chi connectivity index (χ3v) is 4.23. The molecule has 0 amide bonds. The van der Waals surface area contributed by atoms with E-state index in [2.05, 4.69) is 34.3 Å². The van der Waals surface area contributed by atoms with E-state index in [0.29, 0.717) is 6.04 Å². The molecule has 0 aliphatic heterocycles. The normalized spacial score (nSPS) is 13.0. The van der Waals surface area contributed by atoms with Gasteiger partial charge in [0.05, 0.1) is 0 Å². The Morgan fingerprint density at radius 2 is 2.20 bits per heavy atom. The van der Waals surface area contributed by atoms with Crippen molar-refractivity contribution in [2.75, 3.05) is 0 Å². The van der Waals surface area contributed by atoms with Crippen molar-refractivity contribution in [2.24, 2.45) is 5.73 Å². The lowest BCUT2D eigenvalue weighted by molar-refractivity contribution is 0.548. The summed E-state index contributed by atoms with van der Waals surface area (Å²) in [6.45, 7) is 2.24. The van der Waals surface area contributed by atoms with Gasteiger partial charge in [-0.2, -0.15) is 0 Å². The van der Waals surface area contributed by atoms with Gasteiger partial charge in [0, 0.05) is 20.8 Å². The maximum absolute atomic E-state index is 6.09. The van der Waals surface area contributed by atoms with E-state index in [-0.39, 0.29) is 0 Å². The number of nitrogens with two attached hydrogens (primary N) is 1. The Hall–Kier alpha value is 0.140. The van der Waals surface area contributed by atoms with Crippen molar-refractivity contribution in [3.63, 3.8) is 0 Å². The molecule has 0 saturated heterocycles. The quantitative estimate of drug-likeness (QED) is 0.742. The van der Waals surface area contributed by atoms with Gasteiger partial charge >= 0.3 is 0 Å². The standard InChI is InChI=1S/C12H20BrNS/c1-2-3-4-5-6-11(14)8-12-7-10(13)9-15-12/h7,9,11H,2-6,8,14H2,1H3. The molecule has 1 rings (SSSR count). The van der Waals surface area contributed by atoms with E-state index in [9.17, 15) is 0 Å². The third-order valence-electron chi connectivity index (χ3n) is 2.51. The highest BCUT2D eigenvalue weighted by atomic mass is 79.9. The van der Waals surface area contributed by atoms with Crippen molar-refractivity contribution in [3.8, 4) is 0 Å². The number of hydrogen-bond acceptors (Lipinski definition) is 2. The Bertz CT molecular complexity index is 272. The molecule has 0 bridgehead atoms. The predicted octanol–water partition coefficient (Wildman–Crippen LogP) is 4.35. The van der Waals surface area contributed by atoms with Gasteiger partial charge in [-0.25, -0.2) is 0 Å². The van der Waals surface area contributed by atoms with Crippen molar-refractivity contribution >= 4 is 27.3 Å². The molecule has 86 valence electrons. The SMILES string of the molecule is CCCCCCC(N)Cc1cc(Br)cs1. The second-order valence-electron chi connectivity index (χ2n) is 4.04. The van der Waals surface area contributed by atoms with Crippen LogP contribution in [0, 0.1) is 0 Å². The zero-order valence-electron chi connectivity index (χ0n) is 9.34. The lowest BCUT2D eigenvalue weighted by atomic mass is 10.0. The van der Waals surface area contributed by atoms with Crippen LogP contribution in [-0.4, -0.2) is 6.04 Å².